The first kappa shape index (κ1) is 26.5. The third-order valence-corrected chi connectivity index (χ3v) is 6.09. The fraction of sp³-hybridized carbons (Fsp3) is 0.481. The lowest BCUT2D eigenvalue weighted by molar-refractivity contribution is -0.136. The van der Waals surface area contributed by atoms with Gasteiger partial charge < -0.3 is 30.1 Å². The van der Waals surface area contributed by atoms with Gasteiger partial charge in [0, 0.05) is 37.2 Å². The van der Waals surface area contributed by atoms with Gasteiger partial charge in [0.05, 0.1) is 32.8 Å². The summed E-state index contributed by atoms with van der Waals surface area (Å²) in [5.41, 5.74) is 3.16. The molecule has 1 heterocycles. The topological polar surface area (TPSA) is 100 Å². The fourth-order valence-corrected chi connectivity index (χ4v) is 3.99. The molecule has 0 aromatic heterocycles. The van der Waals surface area contributed by atoms with Crippen molar-refractivity contribution in [3.8, 4) is 16.9 Å². The fourth-order valence-electron chi connectivity index (χ4n) is 3.99. The van der Waals surface area contributed by atoms with Gasteiger partial charge in [-0.15, -0.1) is 0 Å². The summed E-state index contributed by atoms with van der Waals surface area (Å²) in [6.45, 7) is 10.2. The highest BCUT2D eigenvalue weighted by Crippen LogP contribution is 2.34. The van der Waals surface area contributed by atoms with Crippen LogP contribution in [0.2, 0.25) is 0 Å². The number of phenolic OH excluding ortho intramolecular Hbond substituents is 1. The molecular weight excluding hydrogens is 446 g/mol. The van der Waals surface area contributed by atoms with E-state index in [0.29, 0.717) is 59.0 Å². The summed E-state index contributed by atoms with van der Waals surface area (Å²) in [4.78, 5) is 25.8. The zero-order chi connectivity index (χ0) is 25.3. The van der Waals surface area contributed by atoms with E-state index in [1.54, 1.807) is 6.07 Å². The van der Waals surface area contributed by atoms with Crippen LogP contribution in [0.4, 0.5) is 4.79 Å². The zero-order valence-corrected chi connectivity index (χ0v) is 20.9. The summed E-state index contributed by atoms with van der Waals surface area (Å²) < 4.78 is 11.1. The number of nitrogens with one attached hydrogen (secondary N) is 2. The Morgan fingerprint density at radius 1 is 1.11 bits per heavy atom. The molecule has 0 radical (unpaired) electrons. The molecule has 0 spiro atoms. The van der Waals surface area contributed by atoms with Crippen LogP contribution in [-0.4, -0.2) is 68.0 Å². The second kappa shape index (κ2) is 12.6. The molecule has 8 nitrogen and oxygen atoms in total. The van der Waals surface area contributed by atoms with Crippen molar-refractivity contribution < 1.29 is 24.2 Å². The van der Waals surface area contributed by atoms with Gasteiger partial charge in [-0.25, -0.2) is 4.79 Å². The van der Waals surface area contributed by atoms with Crippen LogP contribution in [0.25, 0.3) is 11.1 Å². The number of hydrogen-bond acceptors (Lipinski definition) is 5. The number of ether oxygens (including phenoxy) is 2. The summed E-state index contributed by atoms with van der Waals surface area (Å²) in [6, 6.07) is 13.2. The lowest BCUT2D eigenvalue weighted by Crippen LogP contribution is -2.41. The van der Waals surface area contributed by atoms with Crippen LogP contribution in [0.15, 0.2) is 42.5 Å². The molecule has 0 atom stereocenters. The van der Waals surface area contributed by atoms with Crippen molar-refractivity contribution in [3.05, 3.63) is 53.6 Å². The van der Waals surface area contributed by atoms with Crippen LogP contribution >= 0.6 is 0 Å². The van der Waals surface area contributed by atoms with Crippen molar-refractivity contribution in [2.24, 2.45) is 0 Å². The highest BCUT2D eigenvalue weighted by molar-refractivity contribution is 5.76. The van der Waals surface area contributed by atoms with E-state index in [0.717, 1.165) is 22.3 Å². The summed E-state index contributed by atoms with van der Waals surface area (Å²) in [5.74, 6) is 0.281. The van der Waals surface area contributed by atoms with Crippen LogP contribution in [-0.2, 0) is 26.2 Å². The number of benzene rings is 2. The van der Waals surface area contributed by atoms with Gasteiger partial charge in [-0.3, -0.25) is 4.79 Å². The minimum atomic E-state index is -0.337. The van der Waals surface area contributed by atoms with E-state index >= 15 is 0 Å². The van der Waals surface area contributed by atoms with Gasteiger partial charge in [-0.2, -0.15) is 0 Å². The van der Waals surface area contributed by atoms with Crippen LogP contribution in [0.1, 0.15) is 38.3 Å². The predicted molar refractivity (Wildman–Crippen MR) is 135 cm³/mol. The molecule has 0 bridgehead atoms. The lowest BCUT2D eigenvalue weighted by atomic mass is 9.84. The maximum absolute atomic E-state index is 12.3. The second-order valence-corrected chi connectivity index (χ2v) is 9.32. The largest absolute Gasteiger partial charge is 0.507 e. The first-order valence-corrected chi connectivity index (χ1v) is 12.2. The van der Waals surface area contributed by atoms with Gasteiger partial charge in [-0.05, 0) is 35.7 Å². The minimum absolute atomic E-state index is 0.0940. The van der Waals surface area contributed by atoms with Crippen molar-refractivity contribution >= 4 is 11.9 Å². The predicted octanol–water partition coefficient (Wildman–Crippen LogP) is 3.42. The van der Waals surface area contributed by atoms with Gasteiger partial charge in [0.1, 0.15) is 5.75 Å². The van der Waals surface area contributed by atoms with Crippen molar-refractivity contribution in [2.45, 2.75) is 39.2 Å². The van der Waals surface area contributed by atoms with E-state index in [-0.39, 0.29) is 23.1 Å². The van der Waals surface area contributed by atoms with Crippen molar-refractivity contribution in [3.63, 3.8) is 0 Å². The third-order valence-electron chi connectivity index (χ3n) is 6.09. The third kappa shape index (κ3) is 7.70. The van der Waals surface area contributed by atoms with E-state index in [1.165, 1.54) is 0 Å². The SMILES string of the molecule is CCNC(=O)NCc1cccc(-c2ccc(C(C)(C)COCCC(=O)N3CCOCC3)cc2O)c1. The molecule has 1 aliphatic heterocycles. The smallest absolute Gasteiger partial charge is 0.315 e. The van der Waals surface area contributed by atoms with E-state index in [4.69, 9.17) is 9.47 Å². The molecule has 2 aromatic rings. The van der Waals surface area contributed by atoms with Crippen molar-refractivity contribution in [1.29, 1.82) is 0 Å². The van der Waals surface area contributed by atoms with Gasteiger partial charge in [0.25, 0.3) is 0 Å². The highest BCUT2D eigenvalue weighted by Gasteiger charge is 2.23. The Morgan fingerprint density at radius 3 is 2.60 bits per heavy atom. The molecule has 3 N–H and O–H groups in total. The molecule has 3 amide bonds. The average molecular weight is 484 g/mol. The number of aromatic hydroxyl groups is 1. The maximum Gasteiger partial charge on any atom is 0.315 e. The van der Waals surface area contributed by atoms with Crippen LogP contribution < -0.4 is 10.6 Å². The summed E-state index contributed by atoms with van der Waals surface area (Å²) in [7, 11) is 0. The maximum atomic E-state index is 12.3. The first-order valence-electron chi connectivity index (χ1n) is 12.2. The number of nitrogens with zero attached hydrogens (tertiary/aromatic N) is 1. The Hall–Kier alpha value is -3.10. The number of rotatable bonds is 10. The zero-order valence-electron chi connectivity index (χ0n) is 20.9. The van der Waals surface area contributed by atoms with Crippen LogP contribution in [0.5, 0.6) is 5.75 Å². The molecule has 3 rings (SSSR count). The normalized spacial score (nSPS) is 14.0. The van der Waals surface area contributed by atoms with Gasteiger partial charge in [0.15, 0.2) is 0 Å². The summed E-state index contributed by atoms with van der Waals surface area (Å²) >= 11 is 0. The second-order valence-electron chi connectivity index (χ2n) is 9.32. The average Bonchev–Trinajstić information content (AvgIpc) is 2.86. The number of urea groups is 1. The molecule has 8 heteroatoms. The van der Waals surface area contributed by atoms with Crippen LogP contribution in [0.3, 0.4) is 0 Å². The summed E-state index contributed by atoms with van der Waals surface area (Å²) in [5, 5.41) is 16.3. The Labute approximate surface area is 207 Å². The Bertz CT molecular complexity index is 1000. The first-order chi connectivity index (χ1) is 16.8. The Morgan fingerprint density at radius 2 is 1.89 bits per heavy atom. The molecule has 1 saturated heterocycles. The highest BCUT2D eigenvalue weighted by atomic mass is 16.5. The van der Waals surface area contributed by atoms with E-state index in [1.807, 2.05) is 48.2 Å². The molecule has 0 aliphatic carbocycles. The lowest BCUT2D eigenvalue weighted by Gasteiger charge is -2.28. The van der Waals surface area contributed by atoms with Crippen LogP contribution in [0, 0.1) is 0 Å². The number of carbonyl (C=O) groups excluding carboxylic acids is 2. The number of hydrogen-bond donors (Lipinski definition) is 3. The van der Waals surface area contributed by atoms with Crippen molar-refractivity contribution in [2.75, 3.05) is 46.1 Å². The quantitative estimate of drug-likeness (QED) is 0.450. The van der Waals surface area contributed by atoms with E-state index in [2.05, 4.69) is 24.5 Å². The van der Waals surface area contributed by atoms with Gasteiger partial charge in [-0.1, -0.05) is 44.2 Å². The minimum Gasteiger partial charge on any atom is -0.507 e. The monoisotopic (exact) mass is 483 g/mol. The number of carbonyl (C=O) groups is 2. The van der Waals surface area contributed by atoms with Gasteiger partial charge >= 0.3 is 6.03 Å². The standard InChI is InChI=1S/C27H37N3O5/c1-4-28-26(33)29-18-20-6-5-7-21(16-20)23-9-8-22(17-24(23)31)27(2,3)19-35-13-10-25(32)30-11-14-34-15-12-30/h5-9,16-17,31H,4,10-15,18-19H2,1-3H3,(H2,28,29,33). The molecule has 190 valence electrons. The number of amides is 3. The van der Waals surface area contributed by atoms with Gasteiger partial charge in [0.2, 0.25) is 5.91 Å². The molecule has 0 unspecified atom stereocenters. The molecule has 1 fully saturated rings. The molecule has 0 saturated carbocycles. The van der Waals surface area contributed by atoms with Crippen molar-refractivity contribution in [1.82, 2.24) is 15.5 Å². The van der Waals surface area contributed by atoms with E-state index < -0.39 is 0 Å². The Balaban J connectivity index is 1.57. The Kier molecular flexibility index (Phi) is 9.51. The number of phenols is 1. The molecule has 35 heavy (non-hydrogen) atoms. The molecule has 1 aliphatic rings. The van der Waals surface area contributed by atoms with E-state index in [9.17, 15) is 14.7 Å². The number of morpholine rings is 1. The summed E-state index contributed by atoms with van der Waals surface area (Å²) in [6.07, 6.45) is 0.353. The molecule has 2 aromatic carbocycles. The molecular formula is C27H37N3O5.